The molecule has 122 valence electrons. The third-order valence-electron chi connectivity index (χ3n) is 3.79. The Morgan fingerprint density at radius 2 is 1.90 bits per heavy atom. The molecule has 0 unspecified atom stereocenters. The van der Waals surface area contributed by atoms with Crippen LogP contribution in [0.25, 0.3) is 0 Å². The van der Waals surface area contributed by atoms with Crippen LogP contribution in [0.1, 0.15) is 33.6 Å². The standard InChI is InChI=1S/C13H24N2O5S/c1-4-15(7-13(17)18)11-5-10(6-11)14-12(16)8-21(19,20)9(2)3/h9-11H,4-8H2,1-3H3,(H,14,16)(H,17,18). The van der Waals surface area contributed by atoms with Crippen molar-refractivity contribution in [3.8, 4) is 0 Å². The molecule has 0 aromatic rings. The van der Waals surface area contributed by atoms with Gasteiger partial charge in [-0.25, -0.2) is 8.42 Å². The summed E-state index contributed by atoms with van der Waals surface area (Å²) < 4.78 is 23.3. The van der Waals surface area contributed by atoms with Crippen LogP contribution in [0.4, 0.5) is 0 Å². The maximum atomic E-state index is 11.7. The van der Waals surface area contributed by atoms with Gasteiger partial charge in [0.2, 0.25) is 5.91 Å². The van der Waals surface area contributed by atoms with Crippen molar-refractivity contribution in [3.63, 3.8) is 0 Å². The van der Waals surface area contributed by atoms with Gasteiger partial charge in [0.1, 0.15) is 5.75 Å². The summed E-state index contributed by atoms with van der Waals surface area (Å²) in [6, 6.07) is 0.0748. The van der Waals surface area contributed by atoms with Crippen molar-refractivity contribution in [1.29, 1.82) is 0 Å². The second kappa shape index (κ2) is 7.22. The quantitative estimate of drug-likeness (QED) is 0.645. The zero-order valence-electron chi connectivity index (χ0n) is 12.7. The molecule has 0 bridgehead atoms. The lowest BCUT2D eigenvalue weighted by molar-refractivity contribution is -0.139. The molecule has 1 aliphatic rings. The third-order valence-corrected chi connectivity index (χ3v) is 5.89. The van der Waals surface area contributed by atoms with Gasteiger partial charge in [-0.1, -0.05) is 6.92 Å². The molecule has 21 heavy (non-hydrogen) atoms. The Morgan fingerprint density at radius 3 is 2.33 bits per heavy atom. The van der Waals surface area contributed by atoms with E-state index >= 15 is 0 Å². The molecule has 1 saturated carbocycles. The van der Waals surface area contributed by atoms with Crippen molar-refractivity contribution in [3.05, 3.63) is 0 Å². The molecular formula is C13H24N2O5S. The van der Waals surface area contributed by atoms with Gasteiger partial charge in [0.15, 0.2) is 9.84 Å². The van der Waals surface area contributed by atoms with Gasteiger partial charge < -0.3 is 10.4 Å². The molecule has 0 aromatic heterocycles. The number of carbonyl (C=O) groups is 2. The average Bonchev–Trinajstić information content (AvgIpc) is 2.29. The summed E-state index contributed by atoms with van der Waals surface area (Å²) in [5.41, 5.74) is 0. The Balaban J connectivity index is 2.38. The highest BCUT2D eigenvalue weighted by Gasteiger charge is 2.35. The zero-order valence-corrected chi connectivity index (χ0v) is 13.5. The highest BCUT2D eigenvalue weighted by molar-refractivity contribution is 7.92. The number of nitrogens with one attached hydrogen (secondary N) is 1. The van der Waals surface area contributed by atoms with Gasteiger partial charge in [-0.15, -0.1) is 0 Å². The number of carboxylic acid groups (broad SMARTS) is 1. The van der Waals surface area contributed by atoms with E-state index in [1.807, 2.05) is 11.8 Å². The largest absolute Gasteiger partial charge is 0.480 e. The Labute approximate surface area is 125 Å². The number of hydrogen-bond acceptors (Lipinski definition) is 5. The minimum atomic E-state index is -3.38. The van der Waals surface area contributed by atoms with Crippen molar-refractivity contribution in [1.82, 2.24) is 10.2 Å². The smallest absolute Gasteiger partial charge is 0.317 e. The van der Waals surface area contributed by atoms with Gasteiger partial charge in [0, 0.05) is 12.1 Å². The highest BCUT2D eigenvalue weighted by Crippen LogP contribution is 2.25. The van der Waals surface area contributed by atoms with Gasteiger partial charge in [-0.05, 0) is 33.2 Å². The predicted octanol–water partition coefficient (Wildman–Crippen LogP) is -0.137. The first kappa shape index (κ1) is 17.9. The first-order valence-electron chi connectivity index (χ1n) is 7.12. The van der Waals surface area contributed by atoms with Gasteiger partial charge >= 0.3 is 5.97 Å². The molecule has 8 heteroatoms. The minimum Gasteiger partial charge on any atom is -0.480 e. The maximum Gasteiger partial charge on any atom is 0.317 e. The minimum absolute atomic E-state index is 0.0104. The lowest BCUT2D eigenvalue weighted by Gasteiger charge is -2.42. The molecule has 0 aliphatic heterocycles. The van der Waals surface area contributed by atoms with Crippen LogP contribution in [0.3, 0.4) is 0 Å². The van der Waals surface area contributed by atoms with Crippen LogP contribution in [-0.2, 0) is 19.4 Å². The van der Waals surface area contributed by atoms with Crippen molar-refractivity contribution in [2.45, 2.75) is 50.9 Å². The molecule has 0 aromatic carbocycles. The molecule has 1 amide bonds. The number of carboxylic acids is 1. The number of carbonyl (C=O) groups excluding carboxylic acids is 1. The third kappa shape index (κ3) is 5.28. The summed E-state index contributed by atoms with van der Waals surface area (Å²) in [6.45, 7) is 5.62. The topological polar surface area (TPSA) is 104 Å². The van der Waals surface area contributed by atoms with E-state index < -0.39 is 32.7 Å². The highest BCUT2D eigenvalue weighted by atomic mass is 32.2. The number of nitrogens with zero attached hydrogens (tertiary/aromatic N) is 1. The summed E-state index contributed by atoms with van der Waals surface area (Å²) in [5.74, 6) is -1.83. The van der Waals surface area contributed by atoms with Gasteiger partial charge in [0.05, 0.1) is 11.8 Å². The van der Waals surface area contributed by atoms with E-state index in [0.717, 1.165) is 0 Å². The normalized spacial score (nSPS) is 22.1. The van der Waals surface area contributed by atoms with E-state index in [1.165, 1.54) is 0 Å². The summed E-state index contributed by atoms with van der Waals surface area (Å²) in [5, 5.41) is 10.9. The van der Waals surface area contributed by atoms with E-state index in [-0.39, 0.29) is 18.6 Å². The molecule has 0 saturated heterocycles. The number of amides is 1. The first-order valence-corrected chi connectivity index (χ1v) is 8.84. The second-order valence-corrected chi connectivity index (χ2v) is 8.26. The predicted molar refractivity (Wildman–Crippen MR) is 78.8 cm³/mol. The fraction of sp³-hybridized carbons (Fsp3) is 0.846. The van der Waals surface area contributed by atoms with Gasteiger partial charge in [-0.3, -0.25) is 14.5 Å². The summed E-state index contributed by atoms with van der Waals surface area (Å²) in [6.07, 6.45) is 1.32. The summed E-state index contributed by atoms with van der Waals surface area (Å²) in [4.78, 5) is 24.3. The second-order valence-electron chi connectivity index (χ2n) is 5.70. The van der Waals surface area contributed by atoms with Crippen molar-refractivity contribution in [2.75, 3.05) is 18.8 Å². The van der Waals surface area contributed by atoms with Crippen molar-refractivity contribution in [2.24, 2.45) is 0 Å². The Kier molecular flexibility index (Phi) is 6.15. The van der Waals surface area contributed by atoms with E-state index in [1.54, 1.807) is 13.8 Å². The Bertz CT molecular complexity index is 483. The number of rotatable bonds is 8. The lowest BCUT2D eigenvalue weighted by Crippen LogP contribution is -2.55. The van der Waals surface area contributed by atoms with Gasteiger partial charge in [0.25, 0.3) is 0 Å². The van der Waals surface area contributed by atoms with Crippen LogP contribution in [0.5, 0.6) is 0 Å². The number of likely N-dealkylation sites (N-methyl/N-ethyl adjacent to an activating group) is 1. The first-order chi connectivity index (χ1) is 9.65. The van der Waals surface area contributed by atoms with E-state index in [4.69, 9.17) is 5.11 Å². The Hall–Kier alpha value is -1.15. The fourth-order valence-electron chi connectivity index (χ4n) is 2.30. The van der Waals surface area contributed by atoms with E-state index in [2.05, 4.69) is 5.32 Å². The molecule has 0 spiro atoms. The van der Waals surface area contributed by atoms with E-state index in [9.17, 15) is 18.0 Å². The van der Waals surface area contributed by atoms with Crippen LogP contribution in [0.2, 0.25) is 0 Å². The molecule has 0 radical (unpaired) electrons. The van der Waals surface area contributed by atoms with Crippen LogP contribution in [0, 0.1) is 0 Å². The molecule has 1 aliphatic carbocycles. The number of aliphatic carboxylic acids is 1. The average molecular weight is 320 g/mol. The van der Waals surface area contributed by atoms with Crippen LogP contribution >= 0.6 is 0 Å². The molecule has 1 fully saturated rings. The molecule has 7 nitrogen and oxygen atoms in total. The zero-order chi connectivity index (χ0) is 16.2. The number of sulfone groups is 1. The maximum absolute atomic E-state index is 11.7. The molecule has 2 N–H and O–H groups in total. The van der Waals surface area contributed by atoms with Crippen LogP contribution < -0.4 is 5.32 Å². The molecule has 0 atom stereocenters. The monoisotopic (exact) mass is 320 g/mol. The van der Waals surface area contributed by atoms with E-state index in [0.29, 0.717) is 19.4 Å². The van der Waals surface area contributed by atoms with Crippen molar-refractivity contribution < 1.29 is 23.1 Å². The molecule has 1 rings (SSSR count). The summed E-state index contributed by atoms with van der Waals surface area (Å²) >= 11 is 0. The fourth-order valence-corrected chi connectivity index (χ4v) is 3.08. The van der Waals surface area contributed by atoms with Crippen LogP contribution in [-0.4, -0.2) is 66.5 Å². The Morgan fingerprint density at radius 1 is 1.33 bits per heavy atom. The van der Waals surface area contributed by atoms with Gasteiger partial charge in [-0.2, -0.15) is 0 Å². The molecule has 0 heterocycles. The van der Waals surface area contributed by atoms with Crippen LogP contribution in [0.15, 0.2) is 0 Å². The molecular weight excluding hydrogens is 296 g/mol. The number of hydrogen-bond donors (Lipinski definition) is 2. The van der Waals surface area contributed by atoms with Crippen molar-refractivity contribution >= 4 is 21.7 Å². The lowest BCUT2D eigenvalue weighted by atomic mass is 9.85. The SMILES string of the molecule is CCN(CC(=O)O)C1CC(NC(=O)CS(=O)(=O)C(C)C)C1. The summed E-state index contributed by atoms with van der Waals surface area (Å²) in [7, 11) is -3.38.